The molecule has 0 bridgehead atoms. The Labute approximate surface area is 185 Å². The van der Waals surface area contributed by atoms with Gasteiger partial charge in [-0.1, -0.05) is 0 Å². The van der Waals surface area contributed by atoms with E-state index in [9.17, 15) is 9.59 Å². The summed E-state index contributed by atoms with van der Waals surface area (Å²) in [6, 6.07) is 5.86. The van der Waals surface area contributed by atoms with Crippen molar-refractivity contribution in [2.75, 3.05) is 47.4 Å². The molecule has 1 spiro atoms. The molecule has 1 aromatic carbocycles. The molecule has 0 N–H and O–H groups in total. The minimum Gasteiger partial charge on any atom is -0.497 e. The van der Waals surface area contributed by atoms with Crippen molar-refractivity contribution >= 4 is 11.8 Å². The van der Waals surface area contributed by atoms with Crippen LogP contribution in [0.4, 0.5) is 0 Å². The van der Waals surface area contributed by atoms with Crippen molar-refractivity contribution in [2.45, 2.75) is 50.7 Å². The number of likely N-dealkylation sites (tertiary alicyclic amines) is 1. The Morgan fingerprint density at radius 2 is 2.06 bits per heavy atom. The number of carbonyl (C=O) groups is 2. The van der Waals surface area contributed by atoms with Crippen molar-refractivity contribution < 1.29 is 19.1 Å². The van der Waals surface area contributed by atoms with Gasteiger partial charge in [-0.3, -0.25) is 9.59 Å². The Morgan fingerprint density at radius 1 is 1.29 bits per heavy atom. The number of carbonyl (C=O) groups excluding carboxylic acids is 2. The van der Waals surface area contributed by atoms with Crippen LogP contribution in [0.25, 0.3) is 0 Å². The summed E-state index contributed by atoms with van der Waals surface area (Å²) >= 11 is 0. The van der Waals surface area contributed by atoms with Crippen LogP contribution in [0.15, 0.2) is 18.2 Å². The van der Waals surface area contributed by atoms with E-state index in [2.05, 4.69) is 19.0 Å². The normalized spacial score (nSPS) is 26.1. The van der Waals surface area contributed by atoms with E-state index in [1.165, 1.54) is 0 Å². The van der Waals surface area contributed by atoms with E-state index < -0.39 is 0 Å². The molecule has 1 aliphatic carbocycles. The maximum absolute atomic E-state index is 13.3. The molecule has 2 aliphatic heterocycles. The summed E-state index contributed by atoms with van der Waals surface area (Å²) in [6.07, 6.45) is 5.44. The topological polar surface area (TPSA) is 62.3 Å². The molecule has 7 nitrogen and oxygen atoms in total. The average Bonchev–Trinajstić information content (AvgIpc) is 3.06. The first-order valence-electron chi connectivity index (χ1n) is 11.4. The van der Waals surface area contributed by atoms with Crippen molar-refractivity contribution in [2.24, 2.45) is 5.92 Å². The van der Waals surface area contributed by atoms with Gasteiger partial charge < -0.3 is 24.2 Å². The van der Waals surface area contributed by atoms with Crippen LogP contribution in [0.3, 0.4) is 0 Å². The van der Waals surface area contributed by atoms with Crippen molar-refractivity contribution in [3.63, 3.8) is 0 Å². The summed E-state index contributed by atoms with van der Waals surface area (Å²) < 4.78 is 12.1. The van der Waals surface area contributed by atoms with Gasteiger partial charge in [0.2, 0.25) is 11.8 Å². The third kappa shape index (κ3) is 4.97. The van der Waals surface area contributed by atoms with Gasteiger partial charge in [0.25, 0.3) is 0 Å². The summed E-state index contributed by atoms with van der Waals surface area (Å²) in [6.45, 7) is 2.98. The highest BCUT2D eigenvalue weighted by atomic mass is 16.5. The van der Waals surface area contributed by atoms with Gasteiger partial charge in [0.15, 0.2) is 0 Å². The standard InChI is InChI=1S/C24H35N3O4/c1-25(2)14-18-8-10-24(11-9-18)17-27(23(29)16-26-12-4-5-22(26)28)15-19-13-20(30-3)6-7-21(19)31-24/h6-7,13,18H,4-5,8-12,14-17H2,1-3H3. The molecule has 0 atom stereocenters. The third-order valence-electron chi connectivity index (χ3n) is 6.92. The van der Waals surface area contributed by atoms with Gasteiger partial charge in [-0.2, -0.15) is 0 Å². The Morgan fingerprint density at radius 3 is 2.71 bits per heavy atom. The van der Waals surface area contributed by atoms with E-state index in [1.54, 1.807) is 12.0 Å². The molecule has 7 heteroatoms. The first-order chi connectivity index (χ1) is 14.9. The number of hydrogen-bond acceptors (Lipinski definition) is 5. The second-order valence-electron chi connectivity index (χ2n) is 9.63. The lowest BCUT2D eigenvalue weighted by atomic mass is 9.78. The first-order valence-corrected chi connectivity index (χ1v) is 11.4. The molecule has 2 amide bonds. The third-order valence-corrected chi connectivity index (χ3v) is 6.92. The minimum absolute atomic E-state index is 0.00399. The fourth-order valence-electron chi connectivity index (χ4n) is 5.25. The monoisotopic (exact) mass is 429 g/mol. The van der Waals surface area contributed by atoms with Gasteiger partial charge in [-0.25, -0.2) is 0 Å². The highest BCUT2D eigenvalue weighted by molar-refractivity contribution is 5.86. The molecular weight excluding hydrogens is 394 g/mol. The van der Waals surface area contributed by atoms with Crippen molar-refractivity contribution in [1.29, 1.82) is 0 Å². The fraction of sp³-hybridized carbons (Fsp3) is 0.667. The van der Waals surface area contributed by atoms with E-state index >= 15 is 0 Å². The molecule has 0 unspecified atom stereocenters. The smallest absolute Gasteiger partial charge is 0.242 e. The van der Waals surface area contributed by atoms with Gasteiger partial charge in [0.05, 0.1) is 20.2 Å². The van der Waals surface area contributed by atoms with Gasteiger partial charge in [0, 0.05) is 31.6 Å². The molecule has 2 fully saturated rings. The summed E-state index contributed by atoms with van der Waals surface area (Å²) in [4.78, 5) is 31.2. The van der Waals surface area contributed by atoms with E-state index in [0.29, 0.717) is 32.0 Å². The van der Waals surface area contributed by atoms with Crippen LogP contribution in [-0.4, -0.2) is 79.5 Å². The zero-order valence-corrected chi connectivity index (χ0v) is 19.1. The number of fused-ring (bicyclic) bond motifs is 1. The summed E-state index contributed by atoms with van der Waals surface area (Å²) in [5.41, 5.74) is 0.598. The highest BCUT2D eigenvalue weighted by Crippen LogP contribution is 2.41. The molecule has 2 heterocycles. The molecule has 0 radical (unpaired) electrons. The molecule has 0 aromatic heterocycles. The van der Waals surface area contributed by atoms with Crippen molar-refractivity contribution in [3.8, 4) is 11.5 Å². The van der Waals surface area contributed by atoms with Crippen molar-refractivity contribution in [1.82, 2.24) is 14.7 Å². The van der Waals surface area contributed by atoms with Crippen LogP contribution in [0, 0.1) is 5.92 Å². The van der Waals surface area contributed by atoms with Crippen LogP contribution in [0.5, 0.6) is 11.5 Å². The molecule has 170 valence electrons. The molecule has 1 saturated carbocycles. The first kappa shape index (κ1) is 21.9. The Kier molecular flexibility index (Phi) is 6.42. The van der Waals surface area contributed by atoms with E-state index in [1.807, 2.05) is 23.1 Å². The average molecular weight is 430 g/mol. The molecule has 31 heavy (non-hydrogen) atoms. The predicted octanol–water partition coefficient (Wildman–Crippen LogP) is 2.53. The second-order valence-corrected chi connectivity index (χ2v) is 9.63. The predicted molar refractivity (Wildman–Crippen MR) is 118 cm³/mol. The number of amides is 2. The number of rotatable bonds is 5. The van der Waals surface area contributed by atoms with Crippen LogP contribution < -0.4 is 9.47 Å². The van der Waals surface area contributed by atoms with Crippen LogP contribution in [-0.2, 0) is 16.1 Å². The van der Waals surface area contributed by atoms with Crippen LogP contribution in [0.2, 0.25) is 0 Å². The van der Waals surface area contributed by atoms with Gasteiger partial charge in [-0.15, -0.1) is 0 Å². The molecular formula is C24H35N3O4. The molecule has 1 saturated heterocycles. The van der Waals surface area contributed by atoms with Gasteiger partial charge in [-0.05, 0) is 70.3 Å². The number of nitrogens with zero attached hydrogens (tertiary/aromatic N) is 3. The Hall–Kier alpha value is -2.28. The zero-order chi connectivity index (χ0) is 22.0. The number of ether oxygens (including phenoxy) is 2. The number of methoxy groups -OCH3 is 1. The summed E-state index contributed by atoms with van der Waals surface area (Å²) in [5.74, 6) is 2.36. The molecule has 3 aliphatic rings. The van der Waals surface area contributed by atoms with Crippen LogP contribution in [0.1, 0.15) is 44.1 Å². The van der Waals surface area contributed by atoms with Gasteiger partial charge in [0.1, 0.15) is 17.1 Å². The fourth-order valence-corrected chi connectivity index (χ4v) is 5.25. The Balaban J connectivity index is 1.56. The maximum atomic E-state index is 13.3. The Bertz CT molecular complexity index is 817. The van der Waals surface area contributed by atoms with Crippen molar-refractivity contribution in [3.05, 3.63) is 23.8 Å². The van der Waals surface area contributed by atoms with E-state index in [4.69, 9.17) is 9.47 Å². The lowest BCUT2D eigenvalue weighted by Gasteiger charge is -2.42. The lowest BCUT2D eigenvalue weighted by Crippen LogP contribution is -2.51. The quantitative estimate of drug-likeness (QED) is 0.720. The largest absolute Gasteiger partial charge is 0.497 e. The molecule has 1 aromatic rings. The second kappa shape index (κ2) is 9.07. The van der Waals surface area contributed by atoms with Gasteiger partial charge >= 0.3 is 0 Å². The van der Waals surface area contributed by atoms with E-state index in [-0.39, 0.29) is 24.0 Å². The number of benzene rings is 1. The maximum Gasteiger partial charge on any atom is 0.242 e. The SMILES string of the molecule is COc1ccc2c(c1)CN(C(=O)CN1CCCC1=O)CC1(CCC(CN(C)C)CC1)O2. The zero-order valence-electron chi connectivity index (χ0n) is 19.1. The summed E-state index contributed by atoms with van der Waals surface area (Å²) in [7, 11) is 5.89. The minimum atomic E-state index is -0.368. The highest BCUT2D eigenvalue weighted by Gasteiger charge is 2.42. The summed E-state index contributed by atoms with van der Waals surface area (Å²) in [5, 5.41) is 0. The number of hydrogen-bond donors (Lipinski definition) is 0. The van der Waals surface area contributed by atoms with E-state index in [0.717, 1.165) is 55.7 Å². The lowest BCUT2D eigenvalue weighted by molar-refractivity contribution is -0.140. The molecule has 4 rings (SSSR count). The van der Waals surface area contributed by atoms with Crippen LogP contribution >= 0.6 is 0 Å².